The smallest absolute Gasteiger partial charge is 0.261 e. The van der Waals surface area contributed by atoms with Crippen LogP contribution in [0.15, 0.2) is 72.8 Å². The summed E-state index contributed by atoms with van der Waals surface area (Å²) in [7, 11) is 0. The quantitative estimate of drug-likeness (QED) is 0.510. The fourth-order valence-electron chi connectivity index (χ4n) is 3.82. The van der Waals surface area contributed by atoms with Gasteiger partial charge in [-0.25, -0.2) is 0 Å². The van der Waals surface area contributed by atoms with Gasteiger partial charge < -0.3 is 15.0 Å². The molecule has 2 amide bonds. The Kier molecular flexibility index (Phi) is 8.26. The zero-order valence-electron chi connectivity index (χ0n) is 19.1. The average Bonchev–Trinajstić information content (AvgIpc) is 2.80. The molecule has 0 radical (unpaired) electrons. The molecule has 168 valence electrons. The summed E-state index contributed by atoms with van der Waals surface area (Å²) >= 11 is 0. The standard InChI is InChI=1S/C27H32N2O3/c1-4-24(27(31)28-20(2)3)29(18-17-21-11-6-5-7-12-21)26(30)19-32-25-16-10-14-22-13-8-9-15-23(22)25/h5-16,20,24H,4,17-19H2,1-3H3,(H,28,31)/t24-/m1/s1. The third-order valence-electron chi connectivity index (χ3n) is 5.40. The normalized spacial score (nSPS) is 11.9. The van der Waals surface area contributed by atoms with Gasteiger partial charge in [-0.3, -0.25) is 9.59 Å². The van der Waals surface area contributed by atoms with Crippen molar-refractivity contribution in [2.24, 2.45) is 0 Å². The van der Waals surface area contributed by atoms with Crippen LogP contribution in [0, 0.1) is 0 Å². The first-order valence-corrected chi connectivity index (χ1v) is 11.2. The fraction of sp³-hybridized carbons (Fsp3) is 0.333. The molecular weight excluding hydrogens is 400 g/mol. The van der Waals surface area contributed by atoms with Crippen LogP contribution in [-0.2, 0) is 16.0 Å². The molecule has 1 N–H and O–H groups in total. The third-order valence-corrected chi connectivity index (χ3v) is 5.40. The Labute approximate surface area is 190 Å². The van der Waals surface area contributed by atoms with E-state index < -0.39 is 6.04 Å². The number of rotatable bonds is 10. The number of nitrogens with one attached hydrogen (secondary N) is 1. The maximum absolute atomic E-state index is 13.3. The van der Waals surface area contributed by atoms with Crippen molar-refractivity contribution in [2.75, 3.05) is 13.2 Å². The van der Waals surface area contributed by atoms with Crippen LogP contribution in [-0.4, -0.2) is 41.9 Å². The molecule has 0 aliphatic heterocycles. The summed E-state index contributed by atoms with van der Waals surface area (Å²) in [5.74, 6) is 0.341. The molecule has 0 aromatic heterocycles. The summed E-state index contributed by atoms with van der Waals surface area (Å²) in [5.41, 5.74) is 1.12. The second kappa shape index (κ2) is 11.3. The van der Waals surface area contributed by atoms with Gasteiger partial charge in [-0.2, -0.15) is 0 Å². The van der Waals surface area contributed by atoms with Crippen molar-refractivity contribution in [1.82, 2.24) is 10.2 Å². The van der Waals surface area contributed by atoms with Gasteiger partial charge in [-0.05, 0) is 43.7 Å². The van der Waals surface area contributed by atoms with Crippen molar-refractivity contribution in [3.8, 4) is 5.75 Å². The fourth-order valence-corrected chi connectivity index (χ4v) is 3.82. The van der Waals surface area contributed by atoms with Crippen molar-refractivity contribution >= 4 is 22.6 Å². The zero-order valence-corrected chi connectivity index (χ0v) is 19.1. The van der Waals surface area contributed by atoms with E-state index in [0.29, 0.717) is 25.1 Å². The van der Waals surface area contributed by atoms with E-state index in [1.165, 1.54) is 0 Å². The molecule has 0 saturated heterocycles. The van der Waals surface area contributed by atoms with E-state index in [2.05, 4.69) is 5.32 Å². The van der Waals surface area contributed by atoms with Gasteiger partial charge in [0, 0.05) is 18.0 Å². The number of nitrogens with zero attached hydrogens (tertiary/aromatic N) is 1. The SMILES string of the molecule is CC[C@H](C(=O)NC(C)C)N(CCc1ccccc1)C(=O)COc1cccc2ccccc12. The Morgan fingerprint density at radius 1 is 0.938 bits per heavy atom. The van der Waals surface area contributed by atoms with Crippen LogP contribution in [0.2, 0.25) is 0 Å². The minimum absolute atomic E-state index is 0.00885. The number of amides is 2. The molecule has 1 atom stereocenters. The number of carbonyl (C=O) groups excluding carboxylic acids is 2. The minimum atomic E-state index is -0.537. The Morgan fingerprint density at radius 3 is 2.34 bits per heavy atom. The van der Waals surface area contributed by atoms with Crippen LogP contribution in [0.1, 0.15) is 32.8 Å². The molecule has 0 saturated carbocycles. The number of hydrogen-bond donors (Lipinski definition) is 1. The zero-order chi connectivity index (χ0) is 22.9. The summed E-state index contributed by atoms with van der Waals surface area (Å²) < 4.78 is 5.95. The topological polar surface area (TPSA) is 58.6 Å². The Bertz CT molecular complexity index is 1030. The maximum atomic E-state index is 13.3. The van der Waals surface area contributed by atoms with Gasteiger partial charge in [0.05, 0.1) is 0 Å². The van der Waals surface area contributed by atoms with E-state index in [1.54, 1.807) is 4.90 Å². The van der Waals surface area contributed by atoms with Crippen molar-refractivity contribution in [3.05, 3.63) is 78.4 Å². The number of hydrogen-bond acceptors (Lipinski definition) is 3. The summed E-state index contributed by atoms with van der Waals surface area (Å²) in [5, 5.41) is 4.97. The van der Waals surface area contributed by atoms with Crippen LogP contribution in [0.4, 0.5) is 0 Å². The molecule has 3 aromatic carbocycles. The largest absolute Gasteiger partial charge is 0.483 e. The summed E-state index contributed by atoms with van der Waals surface area (Å²) in [6.07, 6.45) is 1.21. The first-order chi connectivity index (χ1) is 15.5. The Balaban J connectivity index is 1.77. The molecule has 5 nitrogen and oxygen atoms in total. The number of ether oxygens (including phenoxy) is 1. The van der Waals surface area contributed by atoms with Crippen molar-refractivity contribution in [1.29, 1.82) is 0 Å². The van der Waals surface area contributed by atoms with Gasteiger partial charge in [0.2, 0.25) is 5.91 Å². The van der Waals surface area contributed by atoms with Crippen LogP contribution in [0.25, 0.3) is 10.8 Å². The van der Waals surface area contributed by atoms with E-state index in [9.17, 15) is 9.59 Å². The number of fused-ring (bicyclic) bond motifs is 1. The molecule has 3 aromatic rings. The highest BCUT2D eigenvalue weighted by Gasteiger charge is 2.29. The van der Waals surface area contributed by atoms with E-state index in [0.717, 1.165) is 16.3 Å². The van der Waals surface area contributed by atoms with E-state index >= 15 is 0 Å². The van der Waals surface area contributed by atoms with Gasteiger partial charge >= 0.3 is 0 Å². The molecule has 5 heteroatoms. The Morgan fingerprint density at radius 2 is 1.62 bits per heavy atom. The third kappa shape index (κ3) is 6.10. The van der Waals surface area contributed by atoms with Gasteiger partial charge in [0.15, 0.2) is 6.61 Å². The molecule has 0 unspecified atom stereocenters. The van der Waals surface area contributed by atoms with Crippen molar-refractivity contribution in [2.45, 2.75) is 45.7 Å². The lowest BCUT2D eigenvalue weighted by molar-refractivity contribution is -0.142. The molecular formula is C27H32N2O3. The molecule has 3 rings (SSSR count). The van der Waals surface area contributed by atoms with Crippen LogP contribution >= 0.6 is 0 Å². The van der Waals surface area contributed by atoms with Gasteiger partial charge in [-0.1, -0.05) is 73.7 Å². The predicted molar refractivity (Wildman–Crippen MR) is 129 cm³/mol. The minimum Gasteiger partial charge on any atom is -0.483 e. The van der Waals surface area contributed by atoms with Crippen molar-refractivity contribution < 1.29 is 14.3 Å². The Hall–Kier alpha value is -3.34. The molecule has 32 heavy (non-hydrogen) atoms. The lowest BCUT2D eigenvalue weighted by Crippen LogP contribution is -2.52. The average molecular weight is 433 g/mol. The number of benzene rings is 3. The maximum Gasteiger partial charge on any atom is 0.261 e. The van der Waals surface area contributed by atoms with Gasteiger partial charge in [-0.15, -0.1) is 0 Å². The molecule has 0 aliphatic rings. The highest BCUT2D eigenvalue weighted by molar-refractivity contribution is 5.90. The first-order valence-electron chi connectivity index (χ1n) is 11.2. The number of carbonyl (C=O) groups is 2. The molecule has 0 spiro atoms. The second-order valence-corrected chi connectivity index (χ2v) is 8.18. The van der Waals surface area contributed by atoms with E-state index in [4.69, 9.17) is 4.74 Å². The molecule has 0 bridgehead atoms. The van der Waals surface area contributed by atoms with E-state index in [-0.39, 0.29) is 24.5 Å². The highest BCUT2D eigenvalue weighted by Crippen LogP contribution is 2.25. The van der Waals surface area contributed by atoms with Crippen LogP contribution < -0.4 is 10.1 Å². The highest BCUT2D eigenvalue weighted by atomic mass is 16.5. The molecule has 0 fully saturated rings. The second-order valence-electron chi connectivity index (χ2n) is 8.18. The summed E-state index contributed by atoms with van der Waals surface area (Å²) in [6.45, 7) is 6.10. The predicted octanol–water partition coefficient (Wildman–Crippen LogP) is 4.59. The lowest BCUT2D eigenvalue weighted by atomic mass is 10.1. The van der Waals surface area contributed by atoms with Gasteiger partial charge in [0.1, 0.15) is 11.8 Å². The van der Waals surface area contributed by atoms with E-state index in [1.807, 2.05) is 93.6 Å². The van der Waals surface area contributed by atoms with Crippen LogP contribution in [0.5, 0.6) is 5.75 Å². The molecule has 0 aliphatic carbocycles. The van der Waals surface area contributed by atoms with Crippen LogP contribution in [0.3, 0.4) is 0 Å². The summed E-state index contributed by atoms with van der Waals surface area (Å²) in [6, 6.07) is 23.2. The van der Waals surface area contributed by atoms with Crippen molar-refractivity contribution in [3.63, 3.8) is 0 Å². The van der Waals surface area contributed by atoms with Gasteiger partial charge in [0.25, 0.3) is 5.91 Å². The monoisotopic (exact) mass is 432 g/mol. The summed E-state index contributed by atoms with van der Waals surface area (Å²) in [4.78, 5) is 27.8. The molecule has 0 heterocycles. The first kappa shape index (κ1) is 23.3. The lowest BCUT2D eigenvalue weighted by Gasteiger charge is -2.31.